The van der Waals surface area contributed by atoms with Crippen molar-refractivity contribution in [3.8, 4) is 0 Å². The van der Waals surface area contributed by atoms with Gasteiger partial charge in [0.2, 0.25) is 11.8 Å². The Morgan fingerprint density at radius 3 is 2.48 bits per heavy atom. The summed E-state index contributed by atoms with van der Waals surface area (Å²) in [6, 6.07) is 15.7. The average Bonchev–Trinajstić information content (AvgIpc) is 3.53. The van der Waals surface area contributed by atoms with Gasteiger partial charge in [0.05, 0.1) is 5.41 Å². The van der Waals surface area contributed by atoms with E-state index in [2.05, 4.69) is 15.6 Å². The van der Waals surface area contributed by atoms with Crippen LogP contribution >= 0.6 is 0 Å². The minimum absolute atomic E-state index is 0.0391. The van der Waals surface area contributed by atoms with E-state index in [9.17, 15) is 32.3 Å². The van der Waals surface area contributed by atoms with Gasteiger partial charge in [-0.15, -0.1) is 0 Å². The fourth-order valence-electron chi connectivity index (χ4n) is 6.48. The molecule has 6 rings (SSSR count). The van der Waals surface area contributed by atoms with Crippen molar-refractivity contribution in [1.29, 1.82) is 0 Å². The second-order valence-electron chi connectivity index (χ2n) is 10.8. The molecule has 1 fully saturated rings. The summed E-state index contributed by atoms with van der Waals surface area (Å²) < 4.78 is 40.0. The molecule has 3 heterocycles. The number of nitrogens with one attached hydrogen (secondary N) is 2. The second kappa shape index (κ2) is 9.68. The number of carbonyl (C=O) groups excluding carboxylic acids is 4. The van der Waals surface area contributed by atoms with Crippen LogP contribution in [0.15, 0.2) is 66.9 Å². The number of imide groups is 1. The lowest BCUT2D eigenvalue weighted by atomic mass is 9.79. The molecule has 1 aliphatic carbocycles. The average molecular weight is 578 g/mol. The number of pyridine rings is 1. The van der Waals surface area contributed by atoms with Gasteiger partial charge in [0.15, 0.2) is 0 Å². The first-order valence-corrected chi connectivity index (χ1v) is 13.4. The highest BCUT2D eigenvalue weighted by molar-refractivity contribution is 6.09. The number of alkyl halides is 3. The summed E-state index contributed by atoms with van der Waals surface area (Å²) in [7, 11) is 0. The first-order chi connectivity index (χ1) is 20.0. The first-order valence-electron chi connectivity index (χ1n) is 13.4. The summed E-state index contributed by atoms with van der Waals surface area (Å²) in [4.78, 5) is 58.3. The van der Waals surface area contributed by atoms with Crippen molar-refractivity contribution in [2.75, 3.05) is 23.7 Å². The fraction of sp³-hybridized carbons (Fsp3) is 0.300. The molecule has 2 N–H and O–H groups in total. The molecular formula is C30H26F3N5O4. The Hall–Kier alpha value is -4.74. The Bertz CT molecular complexity index is 1630. The lowest BCUT2D eigenvalue weighted by molar-refractivity contribution is -0.155. The van der Waals surface area contributed by atoms with E-state index in [1.807, 2.05) is 12.1 Å². The molecule has 42 heavy (non-hydrogen) atoms. The molecule has 3 aromatic rings. The SMILES string of the molecule is CCC1(c2ccccc2)C(=O)N(CC(F)(F)F)C(=O)N1CC(=O)Nc1ccc2c(c1)C[C@@]1(C2)C(=O)Nc2ncccc21. The number of halogens is 3. The number of carbonyl (C=O) groups is 4. The third-order valence-electron chi connectivity index (χ3n) is 8.39. The van der Waals surface area contributed by atoms with Gasteiger partial charge in [-0.2, -0.15) is 13.2 Å². The van der Waals surface area contributed by atoms with Crippen molar-refractivity contribution >= 4 is 35.3 Å². The van der Waals surface area contributed by atoms with Gasteiger partial charge in [-0.1, -0.05) is 49.4 Å². The quantitative estimate of drug-likeness (QED) is 0.428. The van der Waals surface area contributed by atoms with Crippen LogP contribution in [0.2, 0.25) is 0 Å². The zero-order valence-corrected chi connectivity index (χ0v) is 22.5. The lowest BCUT2D eigenvalue weighted by Crippen LogP contribution is -2.49. The topological polar surface area (TPSA) is 112 Å². The van der Waals surface area contributed by atoms with Crippen molar-refractivity contribution in [3.05, 3.63) is 89.1 Å². The predicted molar refractivity (Wildman–Crippen MR) is 145 cm³/mol. The lowest BCUT2D eigenvalue weighted by Gasteiger charge is -2.34. The molecule has 2 atom stereocenters. The molecule has 1 spiro atoms. The molecule has 0 saturated carbocycles. The van der Waals surface area contributed by atoms with Gasteiger partial charge < -0.3 is 10.6 Å². The smallest absolute Gasteiger partial charge is 0.325 e. The number of rotatable bonds is 6. The molecule has 2 aromatic carbocycles. The zero-order valence-electron chi connectivity index (χ0n) is 22.5. The molecule has 1 unspecified atom stereocenters. The molecule has 0 radical (unpaired) electrons. The molecule has 2 aliphatic heterocycles. The molecule has 1 saturated heterocycles. The number of benzene rings is 2. The summed E-state index contributed by atoms with van der Waals surface area (Å²) in [6.07, 6.45) is -2.37. The minimum Gasteiger partial charge on any atom is -0.325 e. The molecule has 216 valence electrons. The maximum atomic E-state index is 13.5. The van der Waals surface area contributed by atoms with Crippen molar-refractivity contribution in [1.82, 2.24) is 14.8 Å². The van der Waals surface area contributed by atoms with Crippen molar-refractivity contribution in [2.24, 2.45) is 0 Å². The third-order valence-corrected chi connectivity index (χ3v) is 8.39. The van der Waals surface area contributed by atoms with E-state index in [0.29, 0.717) is 29.9 Å². The highest BCUT2D eigenvalue weighted by Crippen LogP contribution is 2.47. The van der Waals surface area contributed by atoms with Gasteiger partial charge in [-0.3, -0.25) is 24.2 Å². The number of nitrogens with zero attached hydrogens (tertiary/aromatic N) is 3. The molecular weight excluding hydrogens is 551 g/mol. The fourth-order valence-corrected chi connectivity index (χ4v) is 6.48. The Morgan fingerprint density at radius 1 is 1.02 bits per heavy atom. The molecule has 9 nitrogen and oxygen atoms in total. The van der Waals surface area contributed by atoms with Crippen LogP contribution in [0.5, 0.6) is 0 Å². The maximum absolute atomic E-state index is 13.5. The van der Waals surface area contributed by atoms with E-state index in [0.717, 1.165) is 21.6 Å². The van der Waals surface area contributed by atoms with Gasteiger partial charge in [-0.25, -0.2) is 9.78 Å². The van der Waals surface area contributed by atoms with E-state index in [-0.39, 0.29) is 17.2 Å². The Morgan fingerprint density at radius 2 is 1.76 bits per heavy atom. The van der Waals surface area contributed by atoms with Crippen LogP contribution in [-0.4, -0.2) is 57.8 Å². The third kappa shape index (κ3) is 4.20. The van der Waals surface area contributed by atoms with E-state index in [4.69, 9.17) is 0 Å². The van der Waals surface area contributed by atoms with Gasteiger partial charge in [-0.05, 0) is 54.2 Å². The Kier molecular flexibility index (Phi) is 6.32. The van der Waals surface area contributed by atoms with Gasteiger partial charge in [0, 0.05) is 17.4 Å². The monoisotopic (exact) mass is 577 g/mol. The highest BCUT2D eigenvalue weighted by atomic mass is 19.4. The van der Waals surface area contributed by atoms with Gasteiger partial charge in [0.25, 0.3) is 5.91 Å². The Balaban J connectivity index is 1.25. The van der Waals surface area contributed by atoms with Gasteiger partial charge >= 0.3 is 12.2 Å². The van der Waals surface area contributed by atoms with Crippen molar-refractivity contribution in [3.63, 3.8) is 0 Å². The van der Waals surface area contributed by atoms with Crippen LogP contribution in [0.3, 0.4) is 0 Å². The van der Waals surface area contributed by atoms with Crippen LogP contribution in [0.25, 0.3) is 0 Å². The first kappa shape index (κ1) is 27.4. The van der Waals surface area contributed by atoms with Crippen molar-refractivity contribution < 1.29 is 32.3 Å². The maximum Gasteiger partial charge on any atom is 0.406 e. The van der Waals surface area contributed by atoms with E-state index >= 15 is 0 Å². The number of amides is 5. The molecule has 0 bridgehead atoms. The normalized spacial score (nSPS) is 22.9. The molecule has 3 aliphatic rings. The van der Waals surface area contributed by atoms with Crippen LogP contribution < -0.4 is 10.6 Å². The van der Waals surface area contributed by atoms with Gasteiger partial charge in [0.1, 0.15) is 24.4 Å². The number of hydrogen-bond donors (Lipinski definition) is 2. The summed E-state index contributed by atoms with van der Waals surface area (Å²) >= 11 is 0. The largest absolute Gasteiger partial charge is 0.406 e. The van der Waals surface area contributed by atoms with Crippen LogP contribution in [0.1, 0.15) is 35.6 Å². The van der Waals surface area contributed by atoms with Crippen molar-refractivity contribution in [2.45, 2.75) is 43.3 Å². The second-order valence-corrected chi connectivity index (χ2v) is 10.8. The molecule has 5 amide bonds. The molecule has 12 heteroatoms. The molecule has 1 aromatic heterocycles. The van der Waals surface area contributed by atoms with Crippen LogP contribution in [-0.2, 0) is 38.2 Å². The van der Waals surface area contributed by atoms with E-state index in [1.54, 1.807) is 61.7 Å². The van der Waals surface area contributed by atoms with E-state index in [1.165, 1.54) is 0 Å². The number of anilines is 2. The van der Waals surface area contributed by atoms with E-state index < -0.39 is 48.1 Å². The number of fused-ring (bicyclic) bond motifs is 3. The summed E-state index contributed by atoms with van der Waals surface area (Å²) in [5.74, 6) is -1.32. The standard InChI is InChI=1S/C30H26F3N5O4/c1-2-29(20-7-4-3-5-8-20)26(41)37(17-30(31,32)33)27(42)38(29)16-23(39)35-21-11-10-18-14-28(15-19(18)13-21)22-9-6-12-34-24(22)36-25(28)40/h3-13H,2,14-17H2,1H3,(H,35,39)(H,34,36,40)/t28-,29?/m1/s1. The predicted octanol–water partition coefficient (Wildman–Crippen LogP) is 4.14. The van der Waals surface area contributed by atoms with Crippen LogP contribution in [0, 0.1) is 0 Å². The summed E-state index contributed by atoms with van der Waals surface area (Å²) in [5, 5.41) is 5.57. The summed E-state index contributed by atoms with van der Waals surface area (Å²) in [6.45, 7) is -0.816. The highest BCUT2D eigenvalue weighted by Gasteiger charge is 2.59. The van der Waals surface area contributed by atoms with Crippen LogP contribution in [0.4, 0.5) is 29.5 Å². The Labute approximate surface area is 238 Å². The minimum atomic E-state index is -4.81. The number of urea groups is 1. The summed E-state index contributed by atoms with van der Waals surface area (Å²) in [5.41, 5.74) is 0.753. The number of hydrogen-bond acceptors (Lipinski definition) is 5. The zero-order chi connectivity index (χ0) is 29.9. The number of aromatic nitrogens is 1.